The number of hydrogen-bond donors (Lipinski definition) is 2. The molecule has 2 aliphatic rings. The van der Waals surface area contributed by atoms with E-state index in [9.17, 15) is 0 Å². The molecule has 0 radical (unpaired) electrons. The smallest absolute Gasteiger partial charge is 0.281 e. The molecule has 1 saturated heterocycles. The zero-order valence-corrected chi connectivity index (χ0v) is 15.9. The van der Waals surface area contributed by atoms with Crippen LogP contribution in [0.2, 0.25) is 0 Å². The van der Waals surface area contributed by atoms with Crippen LogP contribution in [-0.2, 0) is 17.8 Å². The molecule has 0 bridgehead atoms. The van der Waals surface area contributed by atoms with Crippen LogP contribution in [0, 0.1) is 0 Å². The van der Waals surface area contributed by atoms with Crippen LogP contribution >= 0.6 is 11.3 Å². The average molecular weight is 371 g/mol. The third kappa shape index (κ3) is 2.36. The maximum absolute atomic E-state index is 6.17. The van der Waals surface area contributed by atoms with Gasteiger partial charge in [0.15, 0.2) is 10.6 Å². The van der Waals surface area contributed by atoms with Crippen LogP contribution in [0.15, 0.2) is 6.33 Å². The van der Waals surface area contributed by atoms with E-state index in [4.69, 9.17) is 10.6 Å². The molecule has 0 amide bonds. The first-order valence-electron chi connectivity index (χ1n) is 9.07. The maximum atomic E-state index is 6.17. The normalized spacial score (nSPS) is 19.3. The van der Waals surface area contributed by atoms with Crippen LogP contribution in [0.5, 0.6) is 0 Å². The molecule has 3 aromatic heterocycles. The predicted octanol–water partition coefficient (Wildman–Crippen LogP) is 2.40. The molecule has 5 heterocycles. The molecule has 0 atom stereocenters. The number of nitrogens with two attached hydrogens (primary N) is 1. The first-order valence-corrected chi connectivity index (χ1v) is 9.89. The molecule has 8 heteroatoms. The molecule has 0 saturated carbocycles. The van der Waals surface area contributed by atoms with Gasteiger partial charge in [-0.25, -0.2) is 20.8 Å². The summed E-state index contributed by atoms with van der Waals surface area (Å²) in [5, 5.41) is 1.19. The molecule has 5 rings (SSSR count). The van der Waals surface area contributed by atoms with Crippen molar-refractivity contribution in [3.63, 3.8) is 0 Å². The van der Waals surface area contributed by atoms with Crippen molar-refractivity contribution < 1.29 is 9.72 Å². The number of fused-ring (bicyclic) bond motifs is 5. The number of hydrogen-bond acceptors (Lipinski definition) is 7. The first kappa shape index (κ1) is 16.2. The highest BCUT2D eigenvalue weighted by Crippen LogP contribution is 2.42. The highest BCUT2D eigenvalue weighted by molar-refractivity contribution is 7.25. The van der Waals surface area contributed by atoms with E-state index >= 15 is 0 Å². The Balaban J connectivity index is 1.85. The second-order valence-corrected chi connectivity index (χ2v) is 8.72. The topological polar surface area (TPSA) is 90.4 Å². The van der Waals surface area contributed by atoms with Gasteiger partial charge in [0.1, 0.15) is 11.0 Å². The third-order valence-electron chi connectivity index (χ3n) is 5.42. The van der Waals surface area contributed by atoms with E-state index < -0.39 is 0 Å². The number of rotatable bonds is 2. The van der Waals surface area contributed by atoms with Gasteiger partial charge in [0, 0.05) is 6.42 Å². The highest BCUT2D eigenvalue weighted by atomic mass is 32.1. The number of aromatic nitrogens is 3. The number of anilines is 2. The Morgan fingerprint density at radius 1 is 1.27 bits per heavy atom. The van der Waals surface area contributed by atoms with Gasteiger partial charge in [-0.15, -0.1) is 0 Å². The summed E-state index contributed by atoms with van der Waals surface area (Å²) in [5.74, 6) is 7.56. The number of nitrogens with one attached hydrogen (secondary N) is 2. The van der Waals surface area contributed by atoms with Crippen molar-refractivity contribution in [1.29, 1.82) is 0 Å². The number of thiophene rings is 1. The Hall–Kier alpha value is -2.03. The van der Waals surface area contributed by atoms with Crippen LogP contribution in [0.1, 0.15) is 37.8 Å². The number of hydrazine groups is 1. The highest BCUT2D eigenvalue weighted by Gasteiger charge is 2.36. The Bertz CT molecular complexity index is 1010. The minimum atomic E-state index is -0.181. The Morgan fingerprint density at radius 3 is 2.85 bits per heavy atom. The summed E-state index contributed by atoms with van der Waals surface area (Å²) >= 11 is 1.67. The van der Waals surface area contributed by atoms with Crippen molar-refractivity contribution in [2.24, 2.45) is 5.84 Å². The molecular weight excluding hydrogens is 348 g/mol. The molecule has 0 aromatic carbocycles. The van der Waals surface area contributed by atoms with E-state index in [-0.39, 0.29) is 5.60 Å². The molecule has 136 valence electrons. The van der Waals surface area contributed by atoms with Crippen molar-refractivity contribution >= 4 is 43.4 Å². The SMILES string of the molecule is CC1(C)Cc2c(c(N3CCCC3)[nH+]c3sc4c(NN)ncnc4c23)CO1. The summed E-state index contributed by atoms with van der Waals surface area (Å²) in [6.45, 7) is 7.14. The second kappa shape index (κ2) is 5.73. The van der Waals surface area contributed by atoms with Crippen LogP contribution in [0.25, 0.3) is 20.4 Å². The quantitative estimate of drug-likeness (QED) is 0.531. The van der Waals surface area contributed by atoms with E-state index in [1.165, 1.54) is 35.2 Å². The lowest BCUT2D eigenvalue weighted by Gasteiger charge is -2.32. The van der Waals surface area contributed by atoms with Crippen LogP contribution < -0.4 is 21.2 Å². The summed E-state index contributed by atoms with van der Waals surface area (Å²) in [6, 6.07) is 0. The summed E-state index contributed by atoms with van der Waals surface area (Å²) in [4.78, 5) is 16.1. The van der Waals surface area contributed by atoms with Gasteiger partial charge >= 0.3 is 0 Å². The van der Waals surface area contributed by atoms with E-state index in [1.54, 1.807) is 17.7 Å². The molecule has 3 aromatic rings. The van der Waals surface area contributed by atoms with Gasteiger partial charge < -0.3 is 10.2 Å². The number of H-pyrrole nitrogens is 1. The van der Waals surface area contributed by atoms with Crippen LogP contribution in [0.3, 0.4) is 0 Å². The van der Waals surface area contributed by atoms with Gasteiger partial charge in [-0.05, 0) is 32.3 Å². The Morgan fingerprint density at radius 2 is 2.08 bits per heavy atom. The molecule has 0 aliphatic carbocycles. The van der Waals surface area contributed by atoms with Crippen LogP contribution in [0.4, 0.5) is 11.6 Å². The number of aromatic amines is 1. The van der Waals surface area contributed by atoms with Crippen molar-refractivity contribution in [2.45, 2.75) is 45.3 Å². The standard InChI is InChI=1S/C18H22N6OS/c1-18(2)7-10-11(8-25-18)16(24-5-3-4-6-24)22-17-12(10)13-14(26-17)15(23-19)21-9-20-13/h9H,3-8,19H2,1-2H3,(H,20,21,23)/p+1. The fourth-order valence-electron chi connectivity index (χ4n) is 4.16. The molecule has 1 fully saturated rings. The number of pyridine rings is 1. The van der Waals surface area contributed by atoms with Crippen molar-refractivity contribution in [3.8, 4) is 0 Å². The Labute approximate surface area is 155 Å². The molecule has 7 nitrogen and oxygen atoms in total. The number of ether oxygens (including phenoxy) is 1. The van der Waals surface area contributed by atoms with Gasteiger partial charge in [0.05, 0.1) is 41.8 Å². The fraction of sp³-hybridized carbons (Fsp3) is 0.500. The zero-order valence-electron chi connectivity index (χ0n) is 15.1. The lowest BCUT2D eigenvalue weighted by Crippen LogP contribution is -2.36. The van der Waals surface area contributed by atoms with Crippen LogP contribution in [-0.4, -0.2) is 28.7 Å². The van der Waals surface area contributed by atoms with Gasteiger partial charge in [-0.3, -0.25) is 4.90 Å². The predicted molar refractivity (Wildman–Crippen MR) is 103 cm³/mol. The summed E-state index contributed by atoms with van der Waals surface area (Å²) in [7, 11) is 0. The minimum Gasteiger partial charge on any atom is -0.370 e. The van der Waals surface area contributed by atoms with Crippen molar-refractivity contribution in [2.75, 3.05) is 23.4 Å². The van der Waals surface area contributed by atoms with E-state index in [0.29, 0.717) is 12.4 Å². The van der Waals surface area contributed by atoms with E-state index in [2.05, 4.69) is 39.1 Å². The number of nitrogens with zero attached hydrogens (tertiary/aromatic N) is 3. The van der Waals surface area contributed by atoms with Gasteiger partial charge in [-0.1, -0.05) is 11.3 Å². The second-order valence-electron chi connectivity index (χ2n) is 7.70. The zero-order chi connectivity index (χ0) is 17.9. The molecule has 4 N–H and O–H groups in total. The lowest BCUT2D eigenvalue weighted by atomic mass is 9.90. The molecular formula is C18H23N6OS+. The molecule has 0 unspecified atom stereocenters. The Kier molecular flexibility index (Phi) is 3.57. The van der Waals surface area contributed by atoms with Crippen molar-refractivity contribution in [1.82, 2.24) is 9.97 Å². The van der Waals surface area contributed by atoms with Gasteiger partial charge in [0.25, 0.3) is 5.82 Å². The largest absolute Gasteiger partial charge is 0.370 e. The maximum Gasteiger partial charge on any atom is 0.281 e. The van der Waals surface area contributed by atoms with E-state index in [0.717, 1.165) is 34.6 Å². The molecule has 0 spiro atoms. The van der Waals surface area contributed by atoms with E-state index in [1.807, 2.05) is 0 Å². The first-order chi connectivity index (χ1) is 12.6. The summed E-state index contributed by atoms with van der Waals surface area (Å²) in [6.07, 6.45) is 4.93. The van der Waals surface area contributed by atoms with Crippen molar-refractivity contribution in [3.05, 3.63) is 17.5 Å². The molecule has 2 aliphatic heterocycles. The summed E-state index contributed by atoms with van der Waals surface area (Å²) in [5.41, 5.74) is 6.12. The monoisotopic (exact) mass is 371 g/mol. The minimum absolute atomic E-state index is 0.181. The fourth-order valence-corrected chi connectivity index (χ4v) is 5.30. The third-order valence-corrected chi connectivity index (χ3v) is 6.53. The lowest BCUT2D eigenvalue weighted by molar-refractivity contribution is -0.328. The number of nitrogen functional groups attached to an aromatic ring is 1. The van der Waals surface area contributed by atoms with Gasteiger partial charge in [-0.2, -0.15) is 0 Å². The van der Waals surface area contributed by atoms with Gasteiger partial charge in [0.2, 0.25) is 0 Å². The molecule has 26 heavy (non-hydrogen) atoms. The average Bonchev–Trinajstić information content (AvgIpc) is 3.27. The summed E-state index contributed by atoms with van der Waals surface area (Å²) < 4.78 is 7.16.